The number of ether oxygens (including phenoxy) is 1. The number of hydrogen-bond donors (Lipinski definition) is 1. The van der Waals surface area contributed by atoms with E-state index in [1.165, 1.54) is 24.5 Å². The second kappa shape index (κ2) is 5.25. The van der Waals surface area contributed by atoms with Crippen LogP contribution in [0.4, 0.5) is 5.82 Å². The predicted octanol–water partition coefficient (Wildman–Crippen LogP) is 2.72. The number of halogens is 1. The Morgan fingerprint density at radius 1 is 1.44 bits per heavy atom. The summed E-state index contributed by atoms with van der Waals surface area (Å²) in [6.45, 7) is 0. The van der Waals surface area contributed by atoms with Crippen LogP contribution in [0.1, 0.15) is 0 Å². The van der Waals surface area contributed by atoms with Gasteiger partial charge in [-0.05, 0) is 18.2 Å². The summed E-state index contributed by atoms with van der Waals surface area (Å²) in [6, 6.07) is 4.77. The van der Waals surface area contributed by atoms with Gasteiger partial charge in [0.1, 0.15) is 10.6 Å². The van der Waals surface area contributed by atoms with Gasteiger partial charge in [-0.1, -0.05) is 15.9 Å². The maximum absolute atomic E-state index is 12.2. The molecule has 1 aromatic carbocycles. The zero-order valence-electron chi connectivity index (χ0n) is 9.25. The first kappa shape index (κ1) is 13.3. The van der Waals surface area contributed by atoms with Crippen molar-refractivity contribution < 1.29 is 13.2 Å². The smallest absolute Gasteiger partial charge is 0.266 e. The molecule has 96 valence electrons. The lowest BCUT2D eigenvalue weighted by atomic mass is 10.3. The van der Waals surface area contributed by atoms with Crippen LogP contribution in [0.3, 0.4) is 0 Å². The van der Waals surface area contributed by atoms with Gasteiger partial charge in [0.2, 0.25) is 0 Å². The van der Waals surface area contributed by atoms with Crippen LogP contribution >= 0.6 is 27.3 Å². The maximum atomic E-state index is 12.2. The Bertz CT molecular complexity index is 641. The molecule has 0 fully saturated rings. The van der Waals surface area contributed by atoms with Gasteiger partial charge in [0.25, 0.3) is 10.0 Å². The number of aromatic nitrogens is 1. The van der Waals surface area contributed by atoms with E-state index in [0.29, 0.717) is 10.3 Å². The molecule has 8 heteroatoms. The van der Waals surface area contributed by atoms with E-state index in [4.69, 9.17) is 4.74 Å². The highest BCUT2D eigenvalue weighted by Gasteiger charge is 2.20. The fourth-order valence-corrected chi connectivity index (χ4v) is 3.58. The van der Waals surface area contributed by atoms with E-state index in [9.17, 15) is 8.42 Å². The molecule has 18 heavy (non-hydrogen) atoms. The van der Waals surface area contributed by atoms with Crippen molar-refractivity contribution in [2.24, 2.45) is 0 Å². The van der Waals surface area contributed by atoms with Crippen LogP contribution in [-0.2, 0) is 10.0 Å². The zero-order chi connectivity index (χ0) is 13.2. The Labute approximate surface area is 117 Å². The van der Waals surface area contributed by atoms with Crippen molar-refractivity contribution in [1.82, 2.24) is 4.98 Å². The molecule has 0 aliphatic heterocycles. The van der Waals surface area contributed by atoms with Crippen LogP contribution in [0.15, 0.2) is 38.5 Å². The van der Waals surface area contributed by atoms with Crippen LogP contribution in [0.25, 0.3) is 0 Å². The molecule has 0 radical (unpaired) electrons. The quantitative estimate of drug-likeness (QED) is 0.922. The number of sulfonamides is 1. The van der Waals surface area contributed by atoms with E-state index in [2.05, 4.69) is 25.6 Å². The highest BCUT2D eigenvalue weighted by molar-refractivity contribution is 9.10. The van der Waals surface area contributed by atoms with Crippen molar-refractivity contribution in [1.29, 1.82) is 0 Å². The van der Waals surface area contributed by atoms with Gasteiger partial charge in [-0.3, -0.25) is 4.72 Å². The van der Waals surface area contributed by atoms with Gasteiger partial charge in [-0.2, -0.15) is 0 Å². The minimum Gasteiger partial charge on any atom is -0.495 e. The fraction of sp³-hybridized carbons (Fsp3) is 0.100. The molecule has 1 N–H and O–H groups in total. The second-order valence-electron chi connectivity index (χ2n) is 3.27. The van der Waals surface area contributed by atoms with Crippen LogP contribution in [0.2, 0.25) is 0 Å². The van der Waals surface area contributed by atoms with Gasteiger partial charge in [-0.15, -0.1) is 11.3 Å². The number of anilines is 1. The summed E-state index contributed by atoms with van der Waals surface area (Å²) in [5.74, 6) is 0.572. The van der Waals surface area contributed by atoms with E-state index in [1.807, 2.05) is 0 Å². The SMILES string of the molecule is COc1ccc(Br)cc1S(=O)(=O)Nc1cscn1. The van der Waals surface area contributed by atoms with Gasteiger partial charge in [0.15, 0.2) is 5.82 Å². The summed E-state index contributed by atoms with van der Waals surface area (Å²) in [6.07, 6.45) is 0. The fourth-order valence-electron chi connectivity index (χ4n) is 1.32. The molecule has 0 aliphatic carbocycles. The first-order valence-corrected chi connectivity index (χ1v) is 7.99. The van der Waals surface area contributed by atoms with Crippen LogP contribution in [0, 0.1) is 0 Å². The number of nitrogens with zero attached hydrogens (tertiary/aromatic N) is 1. The van der Waals surface area contributed by atoms with Gasteiger partial charge < -0.3 is 4.74 Å². The third-order valence-corrected chi connectivity index (χ3v) is 4.54. The molecule has 2 aromatic rings. The summed E-state index contributed by atoms with van der Waals surface area (Å²) in [4.78, 5) is 3.94. The monoisotopic (exact) mass is 348 g/mol. The summed E-state index contributed by atoms with van der Waals surface area (Å²) in [7, 11) is -2.29. The standard InChI is InChI=1S/C10H9BrN2O3S2/c1-16-8-3-2-7(11)4-9(8)18(14,15)13-10-5-17-6-12-10/h2-6,13H,1H3. The number of benzene rings is 1. The van der Waals surface area contributed by atoms with Crippen LogP contribution < -0.4 is 9.46 Å². The number of nitrogens with one attached hydrogen (secondary N) is 1. The Morgan fingerprint density at radius 2 is 2.22 bits per heavy atom. The van der Waals surface area contributed by atoms with E-state index < -0.39 is 10.0 Å². The molecule has 0 amide bonds. The average molecular weight is 349 g/mol. The van der Waals surface area contributed by atoms with Crippen molar-refractivity contribution in [2.75, 3.05) is 11.8 Å². The first-order valence-electron chi connectivity index (χ1n) is 4.77. The molecule has 0 bridgehead atoms. The van der Waals surface area contributed by atoms with Crippen molar-refractivity contribution in [2.45, 2.75) is 4.90 Å². The molecule has 5 nitrogen and oxygen atoms in total. The van der Waals surface area contributed by atoms with Gasteiger partial charge >= 0.3 is 0 Å². The second-order valence-corrected chi connectivity index (χ2v) is 6.56. The highest BCUT2D eigenvalue weighted by atomic mass is 79.9. The van der Waals surface area contributed by atoms with Crippen molar-refractivity contribution in [3.63, 3.8) is 0 Å². The number of hydrogen-bond acceptors (Lipinski definition) is 5. The molecule has 2 rings (SSSR count). The largest absolute Gasteiger partial charge is 0.495 e. The molecule has 0 saturated carbocycles. The van der Waals surface area contributed by atoms with Gasteiger partial charge in [-0.25, -0.2) is 13.4 Å². The normalized spacial score (nSPS) is 11.2. The zero-order valence-corrected chi connectivity index (χ0v) is 12.5. The van der Waals surface area contributed by atoms with Crippen molar-refractivity contribution >= 4 is 43.1 Å². The Balaban J connectivity index is 2.43. The molecule has 0 atom stereocenters. The van der Waals surface area contributed by atoms with E-state index in [1.54, 1.807) is 23.0 Å². The molecule has 0 unspecified atom stereocenters. The summed E-state index contributed by atoms with van der Waals surface area (Å²) >= 11 is 4.54. The van der Waals surface area contributed by atoms with Crippen LogP contribution in [-0.4, -0.2) is 20.5 Å². The van der Waals surface area contributed by atoms with Crippen LogP contribution in [0.5, 0.6) is 5.75 Å². The predicted molar refractivity (Wildman–Crippen MR) is 73.6 cm³/mol. The van der Waals surface area contributed by atoms with E-state index in [-0.39, 0.29) is 10.6 Å². The van der Waals surface area contributed by atoms with Crippen molar-refractivity contribution in [3.05, 3.63) is 33.6 Å². The molecule has 0 spiro atoms. The van der Waals surface area contributed by atoms with E-state index >= 15 is 0 Å². The Kier molecular flexibility index (Phi) is 3.88. The third kappa shape index (κ3) is 2.82. The Morgan fingerprint density at radius 3 is 2.83 bits per heavy atom. The maximum Gasteiger partial charge on any atom is 0.266 e. The molecule has 1 aromatic heterocycles. The summed E-state index contributed by atoms with van der Waals surface area (Å²) in [5.41, 5.74) is 1.55. The minimum atomic E-state index is -3.71. The van der Waals surface area contributed by atoms with Crippen molar-refractivity contribution in [3.8, 4) is 5.75 Å². The third-order valence-electron chi connectivity index (χ3n) is 2.09. The molecule has 1 heterocycles. The Hall–Kier alpha value is -1.12. The molecular weight excluding hydrogens is 340 g/mol. The summed E-state index contributed by atoms with van der Waals surface area (Å²) in [5, 5.41) is 1.61. The van der Waals surface area contributed by atoms with E-state index in [0.717, 1.165) is 0 Å². The number of thiazole rings is 1. The molecule has 0 saturated heterocycles. The highest BCUT2D eigenvalue weighted by Crippen LogP contribution is 2.28. The minimum absolute atomic E-state index is 0.0624. The topological polar surface area (TPSA) is 68.3 Å². The molecular formula is C10H9BrN2O3S2. The molecule has 0 aliphatic rings. The van der Waals surface area contributed by atoms with Gasteiger partial charge in [0, 0.05) is 9.85 Å². The average Bonchev–Trinajstić information content (AvgIpc) is 2.81. The summed E-state index contributed by atoms with van der Waals surface area (Å²) < 4.78 is 32.5. The number of methoxy groups -OCH3 is 1. The lowest BCUT2D eigenvalue weighted by Gasteiger charge is -2.10. The number of rotatable bonds is 4. The lowest BCUT2D eigenvalue weighted by molar-refractivity contribution is 0.403. The van der Waals surface area contributed by atoms with Gasteiger partial charge in [0.05, 0.1) is 12.6 Å². The first-order chi connectivity index (χ1) is 8.53. The lowest BCUT2D eigenvalue weighted by Crippen LogP contribution is -2.14.